The van der Waals surface area contributed by atoms with Gasteiger partial charge < -0.3 is 20.3 Å². The largest absolute Gasteiger partial charge is 0.462 e. The van der Waals surface area contributed by atoms with Crippen molar-refractivity contribution in [3.8, 4) is 0 Å². The first-order chi connectivity index (χ1) is 13.0. The minimum Gasteiger partial charge on any atom is -0.462 e. The van der Waals surface area contributed by atoms with Crippen LogP contribution in [0.4, 0.5) is 11.4 Å². The zero-order valence-electron chi connectivity index (χ0n) is 15.7. The van der Waals surface area contributed by atoms with Gasteiger partial charge in [-0.25, -0.2) is 4.79 Å². The van der Waals surface area contributed by atoms with E-state index in [9.17, 15) is 9.59 Å². The summed E-state index contributed by atoms with van der Waals surface area (Å²) in [5, 5.41) is 5.96. The minimum atomic E-state index is -0.400. The average Bonchev–Trinajstić information content (AvgIpc) is 2.95. The molecule has 0 spiro atoms. The molecule has 27 heavy (non-hydrogen) atoms. The van der Waals surface area contributed by atoms with Gasteiger partial charge in [0.25, 0.3) is 5.91 Å². The fourth-order valence-corrected chi connectivity index (χ4v) is 2.91. The van der Waals surface area contributed by atoms with Crippen LogP contribution in [-0.2, 0) is 16.1 Å². The molecule has 0 saturated heterocycles. The number of esters is 1. The number of amides is 1. The lowest BCUT2D eigenvalue weighted by atomic mass is 10.1. The Morgan fingerprint density at radius 3 is 2.59 bits per heavy atom. The molecule has 0 saturated carbocycles. The van der Waals surface area contributed by atoms with Crippen molar-refractivity contribution in [1.82, 2.24) is 4.90 Å². The summed E-state index contributed by atoms with van der Waals surface area (Å²) in [4.78, 5) is 26.2. The van der Waals surface area contributed by atoms with E-state index in [1.54, 1.807) is 31.3 Å². The Bertz CT molecular complexity index is 886. The molecule has 2 N–H and O–H groups in total. The topological polar surface area (TPSA) is 70.7 Å². The number of fused-ring (bicyclic) bond motifs is 1. The number of hydrogen-bond acceptors (Lipinski definition) is 5. The molecular weight excluding hydrogens is 342 g/mol. The van der Waals surface area contributed by atoms with E-state index in [2.05, 4.69) is 27.7 Å². The summed E-state index contributed by atoms with van der Waals surface area (Å²) >= 11 is 0. The summed E-state index contributed by atoms with van der Waals surface area (Å²) in [6, 6.07) is 13.1. The molecule has 1 aliphatic rings. The van der Waals surface area contributed by atoms with E-state index in [1.807, 2.05) is 26.2 Å². The van der Waals surface area contributed by atoms with E-state index in [1.165, 1.54) is 5.56 Å². The van der Waals surface area contributed by atoms with Gasteiger partial charge in [0, 0.05) is 29.7 Å². The van der Waals surface area contributed by atoms with Crippen LogP contribution in [-0.4, -0.2) is 37.5 Å². The highest BCUT2D eigenvalue weighted by Gasteiger charge is 2.25. The second kappa shape index (κ2) is 8.05. The number of nitrogens with one attached hydrogen (secondary N) is 2. The van der Waals surface area contributed by atoms with E-state index >= 15 is 0 Å². The molecular formula is C21H23N3O3. The number of carbonyl (C=O) groups is 2. The zero-order valence-corrected chi connectivity index (χ0v) is 15.7. The van der Waals surface area contributed by atoms with Crippen LogP contribution in [0.3, 0.4) is 0 Å². The van der Waals surface area contributed by atoms with Crippen LogP contribution in [0.25, 0.3) is 5.57 Å². The first-order valence-electron chi connectivity index (χ1n) is 8.81. The van der Waals surface area contributed by atoms with Crippen LogP contribution < -0.4 is 10.6 Å². The standard InChI is InChI=1S/C21H23N3O3/c1-4-27-21(26)15-7-10-17-18(20(25)23-19(17)11-15)12-22-16-8-5-14(6-9-16)13-24(2)3/h5-12,22H,4,13H2,1-3H3,(H,23,25). The summed E-state index contributed by atoms with van der Waals surface area (Å²) in [6.07, 6.45) is 1.69. The normalized spacial score (nSPS) is 14.2. The molecule has 0 aliphatic carbocycles. The number of benzene rings is 2. The lowest BCUT2D eigenvalue weighted by Crippen LogP contribution is -2.10. The molecule has 2 aromatic rings. The van der Waals surface area contributed by atoms with Crippen LogP contribution in [0.1, 0.15) is 28.4 Å². The second-order valence-electron chi connectivity index (χ2n) is 6.57. The van der Waals surface area contributed by atoms with Crippen molar-refractivity contribution in [2.75, 3.05) is 31.3 Å². The smallest absolute Gasteiger partial charge is 0.338 e. The van der Waals surface area contributed by atoms with Gasteiger partial charge in [-0.3, -0.25) is 4.79 Å². The molecule has 0 bridgehead atoms. The van der Waals surface area contributed by atoms with Gasteiger partial charge in [-0.05, 0) is 50.8 Å². The van der Waals surface area contributed by atoms with Crippen LogP contribution in [0.15, 0.2) is 48.7 Å². The van der Waals surface area contributed by atoms with Gasteiger partial charge in [-0.1, -0.05) is 18.2 Å². The van der Waals surface area contributed by atoms with E-state index in [0.29, 0.717) is 23.4 Å². The van der Waals surface area contributed by atoms with Crippen LogP contribution >= 0.6 is 0 Å². The van der Waals surface area contributed by atoms with Crippen molar-refractivity contribution in [3.05, 3.63) is 65.4 Å². The zero-order chi connectivity index (χ0) is 19.4. The number of carbonyl (C=O) groups excluding carboxylic acids is 2. The Morgan fingerprint density at radius 1 is 1.19 bits per heavy atom. The maximum Gasteiger partial charge on any atom is 0.338 e. The van der Waals surface area contributed by atoms with Crippen molar-refractivity contribution >= 4 is 28.8 Å². The van der Waals surface area contributed by atoms with Crippen molar-refractivity contribution in [2.24, 2.45) is 0 Å². The SMILES string of the molecule is CCOC(=O)c1ccc2c(c1)NC(=O)C2=CNc1ccc(CN(C)C)cc1. The second-order valence-corrected chi connectivity index (χ2v) is 6.57. The Balaban J connectivity index is 1.76. The molecule has 1 aliphatic heterocycles. The quantitative estimate of drug-likeness (QED) is 0.607. The van der Waals surface area contributed by atoms with Crippen LogP contribution in [0.2, 0.25) is 0 Å². The summed E-state index contributed by atoms with van der Waals surface area (Å²) in [5.74, 6) is -0.606. The maximum atomic E-state index is 12.3. The molecule has 0 atom stereocenters. The first-order valence-corrected chi connectivity index (χ1v) is 8.81. The maximum absolute atomic E-state index is 12.3. The van der Waals surface area contributed by atoms with E-state index in [4.69, 9.17) is 4.74 Å². The summed E-state index contributed by atoms with van der Waals surface area (Å²) < 4.78 is 5.00. The third-order valence-electron chi connectivity index (χ3n) is 4.15. The molecule has 2 aromatic carbocycles. The molecule has 1 heterocycles. The highest BCUT2D eigenvalue weighted by Crippen LogP contribution is 2.32. The molecule has 140 valence electrons. The van der Waals surface area contributed by atoms with Crippen molar-refractivity contribution in [3.63, 3.8) is 0 Å². The number of ether oxygens (including phenoxy) is 1. The van der Waals surface area contributed by atoms with Gasteiger partial charge in [0.1, 0.15) is 0 Å². The Labute approximate surface area is 158 Å². The highest BCUT2D eigenvalue weighted by atomic mass is 16.5. The predicted octanol–water partition coefficient (Wildman–Crippen LogP) is 3.33. The van der Waals surface area contributed by atoms with Gasteiger partial charge in [0.2, 0.25) is 0 Å². The summed E-state index contributed by atoms with van der Waals surface area (Å²) in [7, 11) is 4.06. The number of hydrogen-bond donors (Lipinski definition) is 2. The third kappa shape index (κ3) is 4.35. The Hall–Kier alpha value is -3.12. The average molecular weight is 365 g/mol. The summed E-state index contributed by atoms with van der Waals surface area (Å²) in [6.45, 7) is 2.94. The Morgan fingerprint density at radius 2 is 1.93 bits per heavy atom. The number of rotatable bonds is 6. The Kier molecular flexibility index (Phi) is 5.57. The molecule has 0 fully saturated rings. The molecule has 0 unspecified atom stereocenters. The van der Waals surface area contributed by atoms with E-state index in [-0.39, 0.29) is 5.91 Å². The number of anilines is 2. The molecule has 1 amide bonds. The van der Waals surface area contributed by atoms with Crippen LogP contribution in [0, 0.1) is 0 Å². The highest BCUT2D eigenvalue weighted by molar-refractivity contribution is 6.31. The fraction of sp³-hybridized carbons (Fsp3) is 0.238. The van der Waals surface area contributed by atoms with Crippen molar-refractivity contribution in [1.29, 1.82) is 0 Å². The van der Waals surface area contributed by atoms with E-state index in [0.717, 1.165) is 17.8 Å². The predicted molar refractivity (Wildman–Crippen MR) is 106 cm³/mol. The molecule has 3 rings (SSSR count). The third-order valence-corrected chi connectivity index (χ3v) is 4.15. The summed E-state index contributed by atoms with van der Waals surface area (Å²) in [5.41, 5.74) is 4.42. The molecule has 6 heteroatoms. The van der Waals surface area contributed by atoms with Gasteiger partial charge in [0.15, 0.2) is 0 Å². The minimum absolute atomic E-state index is 0.206. The molecule has 0 radical (unpaired) electrons. The van der Waals surface area contributed by atoms with Gasteiger partial charge in [-0.2, -0.15) is 0 Å². The molecule has 6 nitrogen and oxygen atoms in total. The van der Waals surface area contributed by atoms with Crippen molar-refractivity contribution < 1.29 is 14.3 Å². The van der Waals surface area contributed by atoms with Crippen molar-refractivity contribution in [2.45, 2.75) is 13.5 Å². The van der Waals surface area contributed by atoms with Gasteiger partial charge in [-0.15, -0.1) is 0 Å². The van der Waals surface area contributed by atoms with E-state index < -0.39 is 5.97 Å². The monoisotopic (exact) mass is 365 g/mol. The van der Waals surface area contributed by atoms with Gasteiger partial charge in [0.05, 0.1) is 17.7 Å². The lowest BCUT2D eigenvalue weighted by molar-refractivity contribution is -0.110. The lowest BCUT2D eigenvalue weighted by Gasteiger charge is -2.10. The van der Waals surface area contributed by atoms with Gasteiger partial charge >= 0.3 is 5.97 Å². The van der Waals surface area contributed by atoms with Crippen LogP contribution in [0.5, 0.6) is 0 Å². The fourth-order valence-electron chi connectivity index (χ4n) is 2.91. The number of nitrogens with zero attached hydrogens (tertiary/aromatic N) is 1. The first kappa shape index (κ1) is 18.7. The molecule has 0 aromatic heterocycles.